The van der Waals surface area contributed by atoms with Crippen LogP contribution in [0.15, 0.2) is 0 Å². The van der Waals surface area contributed by atoms with Gasteiger partial charge in [0.05, 0.1) is 6.10 Å². The molecule has 0 aromatic heterocycles. The average molecular weight is 214 g/mol. The van der Waals surface area contributed by atoms with E-state index in [0.29, 0.717) is 12.1 Å². The molecule has 3 heteroatoms. The highest BCUT2D eigenvalue weighted by Crippen LogP contribution is 2.16. The molecule has 15 heavy (non-hydrogen) atoms. The lowest BCUT2D eigenvalue weighted by Gasteiger charge is -2.27. The predicted octanol–water partition coefficient (Wildman–Crippen LogP) is 1.61. The highest BCUT2D eigenvalue weighted by molar-refractivity contribution is 4.70. The summed E-state index contributed by atoms with van der Waals surface area (Å²) >= 11 is 0. The molecule has 0 aliphatic carbocycles. The van der Waals surface area contributed by atoms with E-state index in [-0.39, 0.29) is 0 Å². The van der Waals surface area contributed by atoms with E-state index in [2.05, 4.69) is 18.7 Å². The van der Waals surface area contributed by atoms with Crippen molar-refractivity contribution < 1.29 is 4.74 Å². The molecule has 2 N–H and O–H groups in total. The second-order valence-electron chi connectivity index (χ2n) is 4.70. The van der Waals surface area contributed by atoms with Gasteiger partial charge in [-0.05, 0) is 52.6 Å². The van der Waals surface area contributed by atoms with Gasteiger partial charge in [0, 0.05) is 19.2 Å². The van der Waals surface area contributed by atoms with Gasteiger partial charge < -0.3 is 15.4 Å². The molecule has 90 valence electrons. The number of nitrogens with zero attached hydrogens (tertiary/aromatic N) is 1. The van der Waals surface area contributed by atoms with Crippen LogP contribution in [0.25, 0.3) is 0 Å². The number of rotatable bonds is 7. The highest BCUT2D eigenvalue weighted by Gasteiger charge is 2.17. The zero-order valence-corrected chi connectivity index (χ0v) is 10.2. The van der Waals surface area contributed by atoms with E-state index in [1.54, 1.807) is 0 Å². The summed E-state index contributed by atoms with van der Waals surface area (Å²) in [6.07, 6.45) is 5.30. The van der Waals surface area contributed by atoms with E-state index in [4.69, 9.17) is 10.5 Å². The summed E-state index contributed by atoms with van der Waals surface area (Å²) < 4.78 is 5.64. The fourth-order valence-corrected chi connectivity index (χ4v) is 2.10. The van der Waals surface area contributed by atoms with Crippen molar-refractivity contribution in [1.29, 1.82) is 0 Å². The first-order chi connectivity index (χ1) is 7.24. The molecule has 0 saturated carbocycles. The Labute approximate surface area is 94.0 Å². The van der Waals surface area contributed by atoms with Crippen LogP contribution in [0.3, 0.4) is 0 Å². The molecule has 1 saturated heterocycles. The predicted molar refractivity (Wildman–Crippen MR) is 64.0 cm³/mol. The molecule has 0 radical (unpaired) electrons. The van der Waals surface area contributed by atoms with Crippen molar-refractivity contribution in [3.05, 3.63) is 0 Å². The number of hydrogen-bond donors (Lipinski definition) is 1. The van der Waals surface area contributed by atoms with E-state index in [1.165, 1.54) is 19.3 Å². The Morgan fingerprint density at radius 2 is 2.20 bits per heavy atom. The minimum atomic E-state index is 0.518. The smallest absolute Gasteiger partial charge is 0.0588 e. The van der Waals surface area contributed by atoms with Crippen LogP contribution < -0.4 is 5.73 Å². The van der Waals surface area contributed by atoms with Gasteiger partial charge >= 0.3 is 0 Å². The fourth-order valence-electron chi connectivity index (χ4n) is 2.10. The second kappa shape index (κ2) is 7.20. The molecule has 1 aliphatic heterocycles. The minimum Gasteiger partial charge on any atom is -0.378 e. The normalized spacial score (nSPS) is 21.8. The van der Waals surface area contributed by atoms with E-state index in [0.717, 1.165) is 32.7 Å². The lowest BCUT2D eigenvalue weighted by atomic mass is 10.1. The van der Waals surface area contributed by atoms with Crippen LogP contribution in [0.5, 0.6) is 0 Å². The maximum absolute atomic E-state index is 5.64. The van der Waals surface area contributed by atoms with E-state index in [1.807, 2.05) is 0 Å². The van der Waals surface area contributed by atoms with Gasteiger partial charge in [0.15, 0.2) is 0 Å². The molecular weight excluding hydrogens is 188 g/mol. The van der Waals surface area contributed by atoms with Crippen molar-refractivity contribution in [2.75, 3.05) is 26.2 Å². The van der Waals surface area contributed by atoms with Crippen LogP contribution in [0, 0.1) is 0 Å². The van der Waals surface area contributed by atoms with Crippen molar-refractivity contribution in [2.24, 2.45) is 5.73 Å². The van der Waals surface area contributed by atoms with Crippen LogP contribution in [0.4, 0.5) is 0 Å². The Morgan fingerprint density at radius 3 is 2.73 bits per heavy atom. The van der Waals surface area contributed by atoms with Crippen molar-refractivity contribution >= 4 is 0 Å². The third-order valence-electron chi connectivity index (χ3n) is 3.14. The largest absolute Gasteiger partial charge is 0.378 e. The molecule has 0 bridgehead atoms. The molecule has 1 fully saturated rings. The van der Waals surface area contributed by atoms with Crippen molar-refractivity contribution in [2.45, 2.75) is 51.7 Å². The quantitative estimate of drug-likeness (QED) is 0.700. The van der Waals surface area contributed by atoms with E-state index in [9.17, 15) is 0 Å². The van der Waals surface area contributed by atoms with Gasteiger partial charge in [0.2, 0.25) is 0 Å². The first-order valence-corrected chi connectivity index (χ1v) is 6.29. The Balaban J connectivity index is 2.17. The average Bonchev–Trinajstić information content (AvgIpc) is 2.70. The van der Waals surface area contributed by atoms with Gasteiger partial charge in [0.25, 0.3) is 0 Å². The molecule has 1 atom stereocenters. The monoisotopic (exact) mass is 214 g/mol. The minimum absolute atomic E-state index is 0.518. The summed E-state index contributed by atoms with van der Waals surface area (Å²) in [6.45, 7) is 8.56. The molecule has 0 aromatic carbocycles. The topological polar surface area (TPSA) is 38.5 Å². The summed E-state index contributed by atoms with van der Waals surface area (Å²) in [6, 6.07) is 0.623. The molecule has 3 nitrogen and oxygen atoms in total. The fraction of sp³-hybridized carbons (Fsp3) is 1.00. The maximum Gasteiger partial charge on any atom is 0.0588 e. The molecular formula is C12H26N2O. The highest BCUT2D eigenvalue weighted by atomic mass is 16.5. The van der Waals surface area contributed by atoms with Gasteiger partial charge in [-0.3, -0.25) is 0 Å². The summed E-state index contributed by atoms with van der Waals surface area (Å²) in [5.41, 5.74) is 5.54. The van der Waals surface area contributed by atoms with Crippen LogP contribution in [0.2, 0.25) is 0 Å². The van der Waals surface area contributed by atoms with Gasteiger partial charge in [-0.25, -0.2) is 0 Å². The second-order valence-corrected chi connectivity index (χ2v) is 4.70. The van der Waals surface area contributed by atoms with Crippen molar-refractivity contribution in [1.82, 2.24) is 4.90 Å². The van der Waals surface area contributed by atoms with Crippen LogP contribution >= 0.6 is 0 Å². The lowest BCUT2D eigenvalue weighted by molar-refractivity contribution is 0.0869. The summed E-state index contributed by atoms with van der Waals surface area (Å²) in [5.74, 6) is 0. The Kier molecular flexibility index (Phi) is 6.22. The Morgan fingerprint density at radius 1 is 1.40 bits per heavy atom. The number of nitrogens with two attached hydrogens (primary N) is 1. The molecule has 1 rings (SSSR count). The third-order valence-corrected chi connectivity index (χ3v) is 3.14. The molecule has 1 aliphatic rings. The van der Waals surface area contributed by atoms with Crippen LogP contribution in [0.1, 0.15) is 39.5 Å². The lowest BCUT2D eigenvalue weighted by Crippen LogP contribution is -2.35. The van der Waals surface area contributed by atoms with E-state index >= 15 is 0 Å². The zero-order chi connectivity index (χ0) is 11.1. The van der Waals surface area contributed by atoms with Crippen LogP contribution in [-0.4, -0.2) is 43.3 Å². The summed E-state index contributed by atoms with van der Waals surface area (Å²) in [7, 11) is 0. The molecule has 0 spiro atoms. The summed E-state index contributed by atoms with van der Waals surface area (Å²) in [5, 5.41) is 0. The third kappa shape index (κ3) is 4.96. The Hall–Kier alpha value is -0.120. The number of hydrogen-bond acceptors (Lipinski definition) is 3. The van der Waals surface area contributed by atoms with Gasteiger partial charge in [-0.15, -0.1) is 0 Å². The molecule has 1 heterocycles. The molecule has 0 amide bonds. The zero-order valence-electron chi connectivity index (χ0n) is 10.2. The van der Waals surface area contributed by atoms with Gasteiger partial charge in [-0.1, -0.05) is 0 Å². The van der Waals surface area contributed by atoms with E-state index < -0.39 is 0 Å². The first kappa shape index (κ1) is 12.9. The standard InChI is InChI=1S/C12H26N2O/c1-11(2)14(8-4-7-13)9-6-12-5-3-10-15-12/h11-12H,3-10,13H2,1-2H3. The molecule has 0 aromatic rings. The van der Waals surface area contributed by atoms with Gasteiger partial charge in [-0.2, -0.15) is 0 Å². The van der Waals surface area contributed by atoms with Crippen molar-refractivity contribution in [3.63, 3.8) is 0 Å². The Bertz CT molecular complexity index is 156. The van der Waals surface area contributed by atoms with Crippen LogP contribution in [-0.2, 0) is 4.74 Å². The maximum atomic E-state index is 5.64. The summed E-state index contributed by atoms with van der Waals surface area (Å²) in [4.78, 5) is 2.51. The first-order valence-electron chi connectivity index (χ1n) is 6.29. The van der Waals surface area contributed by atoms with Crippen molar-refractivity contribution in [3.8, 4) is 0 Å². The number of ether oxygens (including phenoxy) is 1. The SMILES string of the molecule is CC(C)N(CCCN)CCC1CCCO1. The van der Waals surface area contributed by atoms with Gasteiger partial charge in [0.1, 0.15) is 0 Å². The molecule has 1 unspecified atom stereocenters.